The van der Waals surface area contributed by atoms with Gasteiger partial charge in [0.2, 0.25) is 5.91 Å². The van der Waals surface area contributed by atoms with Gasteiger partial charge in [0.05, 0.1) is 12.5 Å². The van der Waals surface area contributed by atoms with E-state index in [4.69, 9.17) is 4.74 Å². The molecule has 120 valence electrons. The molecule has 0 aromatic heterocycles. The van der Waals surface area contributed by atoms with Crippen LogP contribution in [0.5, 0.6) is 0 Å². The highest BCUT2D eigenvalue weighted by molar-refractivity contribution is 5.93. The van der Waals surface area contributed by atoms with E-state index in [-0.39, 0.29) is 23.7 Å². The summed E-state index contributed by atoms with van der Waals surface area (Å²) in [5.41, 5.74) is 1.27. The Hall–Kier alpha value is -2.11. The number of piperidine rings is 1. The summed E-state index contributed by atoms with van der Waals surface area (Å²) < 4.78 is 18.1. The van der Waals surface area contributed by atoms with E-state index in [2.05, 4.69) is 5.32 Å². The van der Waals surface area contributed by atoms with Crippen LogP contribution in [0.1, 0.15) is 25.3 Å². The van der Waals surface area contributed by atoms with Gasteiger partial charge in [-0.05, 0) is 50.5 Å². The molecule has 1 aromatic rings. The third kappa shape index (κ3) is 3.96. The van der Waals surface area contributed by atoms with E-state index in [1.54, 1.807) is 24.8 Å². The highest BCUT2D eigenvalue weighted by Crippen LogP contribution is 2.21. The maximum Gasteiger partial charge on any atom is 0.409 e. The molecule has 1 N–H and O–H groups in total. The van der Waals surface area contributed by atoms with Crippen molar-refractivity contribution in [1.82, 2.24) is 4.90 Å². The first-order valence-corrected chi connectivity index (χ1v) is 7.50. The fourth-order valence-corrected chi connectivity index (χ4v) is 2.57. The molecular formula is C16H21FN2O3. The molecule has 1 aliphatic rings. The van der Waals surface area contributed by atoms with Crippen LogP contribution in [-0.2, 0) is 9.53 Å². The smallest absolute Gasteiger partial charge is 0.409 e. The van der Waals surface area contributed by atoms with Crippen LogP contribution in [0.15, 0.2) is 18.2 Å². The quantitative estimate of drug-likeness (QED) is 0.934. The number of benzene rings is 1. The lowest BCUT2D eigenvalue weighted by molar-refractivity contribution is -0.121. The Morgan fingerprint density at radius 2 is 2.23 bits per heavy atom. The molecule has 1 heterocycles. The maximum atomic E-state index is 13.1. The average molecular weight is 308 g/mol. The molecule has 22 heavy (non-hydrogen) atoms. The lowest BCUT2D eigenvalue weighted by Crippen LogP contribution is -2.44. The first-order valence-electron chi connectivity index (χ1n) is 7.50. The number of carbonyl (C=O) groups is 2. The highest BCUT2D eigenvalue weighted by Gasteiger charge is 2.29. The Morgan fingerprint density at radius 1 is 1.45 bits per heavy atom. The fraction of sp³-hybridized carbons (Fsp3) is 0.500. The maximum absolute atomic E-state index is 13.1. The van der Waals surface area contributed by atoms with Gasteiger partial charge in [-0.3, -0.25) is 4.79 Å². The lowest BCUT2D eigenvalue weighted by Gasteiger charge is -2.31. The molecule has 2 rings (SSSR count). The molecule has 0 radical (unpaired) electrons. The number of nitrogens with one attached hydrogen (secondary N) is 1. The monoisotopic (exact) mass is 308 g/mol. The Labute approximate surface area is 129 Å². The van der Waals surface area contributed by atoms with Crippen molar-refractivity contribution in [3.8, 4) is 0 Å². The second kappa shape index (κ2) is 7.24. The molecule has 6 heteroatoms. The number of likely N-dealkylation sites (tertiary alicyclic amines) is 1. The van der Waals surface area contributed by atoms with Crippen molar-refractivity contribution < 1.29 is 18.7 Å². The van der Waals surface area contributed by atoms with Crippen LogP contribution in [0.3, 0.4) is 0 Å². The third-order valence-corrected chi connectivity index (χ3v) is 3.76. The molecule has 0 saturated carbocycles. The number of carbonyl (C=O) groups excluding carboxylic acids is 2. The van der Waals surface area contributed by atoms with E-state index >= 15 is 0 Å². The van der Waals surface area contributed by atoms with Crippen molar-refractivity contribution in [1.29, 1.82) is 0 Å². The standard InChI is InChI=1S/C16H21FN2O3/c1-3-22-16(21)19-8-4-5-12(10-19)15(20)18-14-7-6-13(17)9-11(14)2/h6-7,9,12H,3-5,8,10H2,1-2H3,(H,18,20). The zero-order chi connectivity index (χ0) is 16.1. The predicted octanol–water partition coefficient (Wildman–Crippen LogP) is 2.94. The zero-order valence-electron chi connectivity index (χ0n) is 12.9. The summed E-state index contributed by atoms with van der Waals surface area (Å²) in [5, 5.41) is 2.81. The molecule has 5 nitrogen and oxygen atoms in total. The van der Waals surface area contributed by atoms with Crippen molar-refractivity contribution in [2.45, 2.75) is 26.7 Å². The molecule has 2 amide bonds. The van der Waals surface area contributed by atoms with E-state index in [1.165, 1.54) is 12.1 Å². The van der Waals surface area contributed by atoms with E-state index < -0.39 is 0 Å². The summed E-state index contributed by atoms with van der Waals surface area (Å²) >= 11 is 0. The second-order valence-electron chi connectivity index (χ2n) is 5.43. The normalized spacial score (nSPS) is 18.0. The van der Waals surface area contributed by atoms with Crippen LogP contribution < -0.4 is 5.32 Å². The number of nitrogens with zero attached hydrogens (tertiary/aromatic N) is 1. The number of ether oxygens (including phenoxy) is 1. The van der Waals surface area contributed by atoms with Crippen LogP contribution in [0.25, 0.3) is 0 Å². The average Bonchev–Trinajstić information content (AvgIpc) is 2.50. The minimum Gasteiger partial charge on any atom is -0.450 e. The van der Waals surface area contributed by atoms with E-state index in [0.29, 0.717) is 30.9 Å². The Balaban J connectivity index is 1.98. The van der Waals surface area contributed by atoms with Crippen LogP contribution in [0.4, 0.5) is 14.9 Å². The number of hydrogen-bond donors (Lipinski definition) is 1. The summed E-state index contributed by atoms with van der Waals surface area (Å²) in [7, 11) is 0. The number of hydrogen-bond acceptors (Lipinski definition) is 3. The minimum atomic E-state index is -0.377. The molecule has 1 aromatic carbocycles. The summed E-state index contributed by atoms with van der Waals surface area (Å²) in [6.45, 7) is 4.78. The van der Waals surface area contributed by atoms with Crippen LogP contribution >= 0.6 is 0 Å². The molecule has 1 atom stereocenters. The molecule has 0 spiro atoms. The summed E-state index contributed by atoms with van der Waals surface area (Å²) in [6, 6.07) is 4.24. The minimum absolute atomic E-state index is 0.149. The van der Waals surface area contributed by atoms with Crippen molar-refractivity contribution in [2.75, 3.05) is 25.0 Å². The van der Waals surface area contributed by atoms with Gasteiger partial charge in [-0.1, -0.05) is 0 Å². The predicted molar refractivity (Wildman–Crippen MR) is 81.1 cm³/mol. The number of anilines is 1. The second-order valence-corrected chi connectivity index (χ2v) is 5.43. The molecule has 0 aliphatic carbocycles. The SMILES string of the molecule is CCOC(=O)N1CCCC(C(=O)Nc2ccc(F)cc2C)C1. The zero-order valence-corrected chi connectivity index (χ0v) is 12.9. The first-order chi connectivity index (χ1) is 10.5. The van der Waals surface area contributed by atoms with Crippen LogP contribution in [0, 0.1) is 18.7 Å². The van der Waals surface area contributed by atoms with Gasteiger partial charge < -0.3 is 15.0 Å². The third-order valence-electron chi connectivity index (χ3n) is 3.76. The van der Waals surface area contributed by atoms with Gasteiger partial charge in [-0.25, -0.2) is 9.18 Å². The number of amides is 2. The van der Waals surface area contributed by atoms with Gasteiger partial charge in [-0.2, -0.15) is 0 Å². The molecule has 0 bridgehead atoms. The Kier molecular flexibility index (Phi) is 5.35. The molecular weight excluding hydrogens is 287 g/mol. The number of aryl methyl sites for hydroxylation is 1. The molecule has 1 aliphatic heterocycles. The van der Waals surface area contributed by atoms with Crippen molar-refractivity contribution >= 4 is 17.7 Å². The molecule has 1 saturated heterocycles. The van der Waals surface area contributed by atoms with Gasteiger partial charge in [-0.15, -0.1) is 0 Å². The topological polar surface area (TPSA) is 58.6 Å². The number of halogens is 1. The van der Waals surface area contributed by atoms with Crippen LogP contribution in [-0.4, -0.2) is 36.6 Å². The Bertz CT molecular complexity index is 562. The fourth-order valence-electron chi connectivity index (χ4n) is 2.57. The van der Waals surface area contributed by atoms with E-state index in [1.807, 2.05) is 0 Å². The van der Waals surface area contributed by atoms with Gasteiger partial charge in [0.25, 0.3) is 0 Å². The van der Waals surface area contributed by atoms with Gasteiger partial charge in [0.15, 0.2) is 0 Å². The summed E-state index contributed by atoms with van der Waals surface area (Å²) in [6.07, 6.45) is 1.11. The molecule has 1 unspecified atom stereocenters. The van der Waals surface area contributed by atoms with Crippen molar-refractivity contribution in [3.05, 3.63) is 29.6 Å². The van der Waals surface area contributed by atoms with E-state index in [9.17, 15) is 14.0 Å². The van der Waals surface area contributed by atoms with Crippen LogP contribution in [0.2, 0.25) is 0 Å². The number of rotatable bonds is 3. The molecule has 1 fully saturated rings. The highest BCUT2D eigenvalue weighted by atomic mass is 19.1. The van der Waals surface area contributed by atoms with E-state index in [0.717, 1.165) is 12.8 Å². The Morgan fingerprint density at radius 3 is 2.91 bits per heavy atom. The van der Waals surface area contributed by atoms with Gasteiger partial charge in [0.1, 0.15) is 5.82 Å². The summed E-state index contributed by atoms with van der Waals surface area (Å²) in [4.78, 5) is 25.7. The first kappa shape index (κ1) is 16.3. The van der Waals surface area contributed by atoms with Gasteiger partial charge in [0, 0.05) is 18.8 Å². The van der Waals surface area contributed by atoms with Crippen molar-refractivity contribution in [3.63, 3.8) is 0 Å². The lowest BCUT2D eigenvalue weighted by atomic mass is 9.97. The summed E-state index contributed by atoms with van der Waals surface area (Å²) in [5.74, 6) is -0.757. The van der Waals surface area contributed by atoms with Gasteiger partial charge >= 0.3 is 6.09 Å². The largest absolute Gasteiger partial charge is 0.450 e. The van der Waals surface area contributed by atoms with Crippen molar-refractivity contribution in [2.24, 2.45) is 5.92 Å².